The summed E-state index contributed by atoms with van der Waals surface area (Å²) in [5, 5.41) is 3.60. The average Bonchev–Trinajstić information content (AvgIpc) is 2.97. The van der Waals surface area contributed by atoms with Crippen molar-refractivity contribution in [1.29, 1.82) is 0 Å². The minimum Gasteiger partial charge on any atom is -0.487 e. The molecule has 0 spiro atoms. The Bertz CT molecular complexity index is 1480. The van der Waals surface area contributed by atoms with Gasteiger partial charge in [0.2, 0.25) is 5.91 Å². The van der Waals surface area contributed by atoms with Gasteiger partial charge in [0.1, 0.15) is 11.9 Å². The molecule has 1 N–H and O–H groups in total. The Labute approximate surface area is 246 Å². The molecule has 42 heavy (non-hydrogen) atoms. The van der Waals surface area contributed by atoms with Crippen molar-refractivity contribution >= 4 is 17.4 Å². The van der Waals surface area contributed by atoms with Crippen LogP contribution in [0.15, 0.2) is 78.4 Å². The number of fused-ring (bicyclic) bond motifs is 2. The lowest BCUT2D eigenvalue weighted by Gasteiger charge is -2.44. The van der Waals surface area contributed by atoms with Gasteiger partial charge in [0.05, 0.1) is 6.04 Å². The first-order valence-electron chi connectivity index (χ1n) is 14.4. The molecule has 2 unspecified atom stereocenters. The van der Waals surface area contributed by atoms with E-state index in [-0.39, 0.29) is 29.6 Å². The number of ether oxygens (including phenoxy) is 1. The summed E-state index contributed by atoms with van der Waals surface area (Å²) in [5.41, 5.74) is 4.74. The van der Waals surface area contributed by atoms with Crippen molar-refractivity contribution in [2.75, 3.05) is 26.7 Å². The van der Waals surface area contributed by atoms with E-state index in [4.69, 9.17) is 4.74 Å². The average molecular weight is 574 g/mol. The first kappa shape index (κ1) is 29.5. The van der Waals surface area contributed by atoms with Gasteiger partial charge in [0.15, 0.2) is 11.6 Å². The number of carbonyl (C=O) groups is 2. The number of nitrogens with one attached hydrogen (secondary N) is 1. The molecule has 8 heteroatoms. The summed E-state index contributed by atoms with van der Waals surface area (Å²) in [4.78, 5) is 29.9. The molecule has 0 radical (unpaired) electrons. The maximum Gasteiger partial charge on any atom is 0.251 e. The van der Waals surface area contributed by atoms with Crippen molar-refractivity contribution in [1.82, 2.24) is 15.1 Å². The SMILES string of the molecule is CC(=O)N1CC2CC(c3cccc(CC(C)Oc4cc(F)ccc4F)c3)=C(C(=O)N(C)CCc3ccccc3)[C@@H](C1)N2. The molecular formula is C34H37F2N3O3. The molecule has 0 aromatic heterocycles. The number of rotatable bonds is 9. The van der Waals surface area contributed by atoms with Crippen LogP contribution in [0.2, 0.25) is 0 Å². The number of benzene rings is 3. The van der Waals surface area contributed by atoms with E-state index in [2.05, 4.69) is 23.5 Å². The summed E-state index contributed by atoms with van der Waals surface area (Å²) in [6.07, 6.45) is 1.41. The molecule has 0 saturated carbocycles. The lowest BCUT2D eigenvalue weighted by Crippen LogP contribution is -2.61. The van der Waals surface area contributed by atoms with Crippen LogP contribution in [0.1, 0.15) is 37.0 Å². The van der Waals surface area contributed by atoms with Crippen molar-refractivity contribution < 1.29 is 23.1 Å². The Balaban J connectivity index is 1.41. The molecule has 1 saturated heterocycles. The molecule has 2 bridgehead atoms. The number of hydrogen-bond acceptors (Lipinski definition) is 4. The normalized spacial score (nSPS) is 18.9. The Morgan fingerprint density at radius 2 is 1.79 bits per heavy atom. The number of hydrogen-bond donors (Lipinski definition) is 1. The second-order valence-corrected chi connectivity index (χ2v) is 11.3. The van der Waals surface area contributed by atoms with E-state index in [1.54, 1.807) is 11.8 Å². The fraction of sp³-hybridized carbons (Fsp3) is 0.353. The third-order valence-electron chi connectivity index (χ3n) is 8.03. The number of likely N-dealkylation sites (N-methyl/N-ethyl adjacent to an activating group) is 1. The van der Waals surface area contributed by atoms with Crippen LogP contribution in [-0.4, -0.2) is 66.5 Å². The van der Waals surface area contributed by atoms with Crippen LogP contribution >= 0.6 is 0 Å². The molecule has 2 aliphatic rings. The fourth-order valence-corrected chi connectivity index (χ4v) is 5.92. The maximum atomic E-state index is 14.1. The van der Waals surface area contributed by atoms with Gasteiger partial charge in [0.25, 0.3) is 5.91 Å². The van der Waals surface area contributed by atoms with Crippen molar-refractivity contribution in [3.05, 3.63) is 107 Å². The highest BCUT2D eigenvalue weighted by Gasteiger charge is 2.39. The van der Waals surface area contributed by atoms with Crippen molar-refractivity contribution in [3.63, 3.8) is 0 Å². The Morgan fingerprint density at radius 3 is 2.55 bits per heavy atom. The number of carbonyl (C=O) groups excluding carboxylic acids is 2. The number of piperazine rings is 1. The van der Waals surface area contributed by atoms with E-state index in [9.17, 15) is 18.4 Å². The molecule has 220 valence electrons. The Hall–Kier alpha value is -4.04. The molecule has 3 aromatic carbocycles. The van der Waals surface area contributed by atoms with Gasteiger partial charge < -0.3 is 19.9 Å². The van der Waals surface area contributed by atoms with Gasteiger partial charge in [-0.1, -0.05) is 54.6 Å². The Morgan fingerprint density at radius 1 is 1.02 bits per heavy atom. The van der Waals surface area contributed by atoms with E-state index in [0.29, 0.717) is 38.0 Å². The molecule has 0 aliphatic carbocycles. The monoisotopic (exact) mass is 573 g/mol. The van der Waals surface area contributed by atoms with E-state index in [1.807, 2.05) is 55.3 Å². The van der Waals surface area contributed by atoms with Crippen LogP contribution in [0.3, 0.4) is 0 Å². The summed E-state index contributed by atoms with van der Waals surface area (Å²) in [5.74, 6) is -1.33. The molecule has 5 rings (SSSR count). The van der Waals surface area contributed by atoms with Crippen molar-refractivity contribution in [2.24, 2.45) is 0 Å². The zero-order valence-electron chi connectivity index (χ0n) is 24.3. The first-order chi connectivity index (χ1) is 20.2. The largest absolute Gasteiger partial charge is 0.487 e. The number of halogens is 2. The van der Waals surface area contributed by atoms with Gasteiger partial charge in [-0.3, -0.25) is 9.59 Å². The van der Waals surface area contributed by atoms with Crippen LogP contribution in [0.25, 0.3) is 5.57 Å². The summed E-state index contributed by atoms with van der Waals surface area (Å²) < 4.78 is 33.5. The number of nitrogens with zero attached hydrogens (tertiary/aromatic N) is 2. The molecule has 2 aliphatic heterocycles. The smallest absolute Gasteiger partial charge is 0.251 e. The van der Waals surface area contributed by atoms with Crippen LogP contribution in [0.4, 0.5) is 8.78 Å². The molecule has 3 aromatic rings. The highest BCUT2D eigenvalue weighted by atomic mass is 19.1. The minimum atomic E-state index is -0.609. The predicted molar refractivity (Wildman–Crippen MR) is 159 cm³/mol. The summed E-state index contributed by atoms with van der Waals surface area (Å²) in [6.45, 7) is 4.98. The lowest BCUT2D eigenvalue weighted by molar-refractivity contribution is -0.132. The van der Waals surface area contributed by atoms with E-state index in [0.717, 1.165) is 46.9 Å². The van der Waals surface area contributed by atoms with Gasteiger partial charge in [-0.25, -0.2) is 8.78 Å². The predicted octanol–water partition coefficient (Wildman–Crippen LogP) is 5.02. The molecule has 3 atom stereocenters. The van der Waals surface area contributed by atoms with Gasteiger partial charge >= 0.3 is 0 Å². The van der Waals surface area contributed by atoms with Gasteiger partial charge in [-0.05, 0) is 54.2 Å². The molecule has 1 fully saturated rings. The third kappa shape index (κ3) is 6.87. The molecule has 6 nitrogen and oxygen atoms in total. The second-order valence-electron chi connectivity index (χ2n) is 11.3. The highest BCUT2D eigenvalue weighted by molar-refractivity contribution is 6.03. The van der Waals surface area contributed by atoms with E-state index >= 15 is 0 Å². The van der Waals surface area contributed by atoms with Crippen LogP contribution in [-0.2, 0) is 22.4 Å². The standard InChI is InChI=1S/C34H37F2N3O3/c1-22(42-32-18-27(35)12-13-30(32)36)16-25-10-7-11-26(17-25)29-19-28-20-39(23(2)40)21-31(37-28)33(29)34(41)38(3)15-14-24-8-5-4-6-9-24/h4-13,17-18,22,28,31,37H,14-16,19-21H2,1-3H3/t22?,28?,31-/m1/s1. The second kappa shape index (κ2) is 12.9. The number of amides is 2. The molecule has 2 heterocycles. The van der Waals surface area contributed by atoms with Crippen LogP contribution in [0.5, 0.6) is 5.75 Å². The van der Waals surface area contributed by atoms with E-state index < -0.39 is 17.7 Å². The molecule has 2 amide bonds. The lowest BCUT2D eigenvalue weighted by atomic mass is 9.82. The summed E-state index contributed by atoms with van der Waals surface area (Å²) >= 11 is 0. The van der Waals surface area contributed by atoms with Gasteiger partial charge in [0, 0.05) is 57.7 Å². The maximum absolute atomic E-state index is 14.1. The summed E-state index contributed by atoms with van der Waals surface area (Å²) in [7, 11) is 1.83. The van der Waals surface area contributed by atoms with Crippen LogP contribution < -0.4 is 10.1 Å². The van der Waals surface area contributed by atoms with Gasteiger partial charge in [-0.2, -0.15) is 0 Å². The molecular weight excluding hydrogens is 536 g/mol. The third-order valence-corrected chi connectivity index (χ3v) is 8.03. The van der Waals surface area contributed by atoms with Crippen molar-refractivity contribution in [3.8, 4) is 5.75 Å². The summed E-state index contributed by atoms with van der Waals surface area (Å²) in [6, 6.07) is 21.0. The zero-order chi connectivity index (χ0) is 29.8. The van der Waals surface area contributed by atoms with Gasteiger partial charge in [-0.15, -0.1) is 0 Å². The Kier molecular flexibility index (Phi) is 9.02. The zero-order valence-corrected chi connectivity index (χ0v) is 24.3. The minimum absolute atomic E-state index is 0.00454. The van der Waals surface area contributed by atoms with E-state index in [1.165, 1.54) is 0 Å². The van der Waals surface area contributed by atoms with Crippen LogP contribution in [0, 0.1) is 11.6 Å². The quantitative estimate of drug-likeness (QED) is 0.391. The first-order valence-corrected chi connectivity index (χ1v) is 14.4. The highest BCUT2D eigenvalue weighted by Crippen LogP contribution is 2.34. The fourth-order valence-electron chi connectivity index (χ4n) is 5.92. The van der Waals surface area contributed by atoms with Crippen molar-refractivity contribution in [2.45, 2.75) is 51.3 Å². The topological polar surface area (TPSA) is 61.9 Å².